The van der Waals surface area contributed by atoms with Gasteiger partial charge >= 0.3 is 0 Å². The van der Waals surface area contributed by atoms with Gasteiger partial charge in [-0.25, -0.2) is 0 Å². The monoisotopic (exact) mass is 345 g/mol. The average molecular weight is 346 g/mol. The highest BCUT2D eigenvalue weighted by Gasteiger charge is 2.32. The van der Waals surface area contributed by atoms with Crippen molar-refractivity contribution in [3.8, 4) is 0 Å². The molecule has 0 aromatic heterocycles. The minimum Gasteiger partial charge on any atom is -0.353 e. The van der Waals surface area contributed by atoms with Gasteiger partial charge in [0, 0.05) is 31.0 Å². The third kappa shape index (κ3) is 5.64. The molecule has 2 fully saturated rings. The number of hydrogen-bond donors (Lipinski definition) is 2. The number of nitrogens with two attached hydrogens (primary N) is 1. The first kappa shape index (κ1) is 20.2. The van der Waals surface area contributed by atoms with E-state index in [1.807, 2.05) is 11.8 Å². The highest BCUT2D eigenvalue weighted by atomic mass is 35.5. The van der Waals surface area contributed by atoms with E-state index in [9.17, 15) is 9.59 Å². The summed E-state index contributed by atoms with van der Waals surface area (Å²) in [4.78, 5) is 26.6. The third-order valence-corrected chi connectivity index (χ3v) is 5.16. The summed E-state index contributed by atoms with van der Waals surface area (Å²) in [5.74, 6) is 0.846. The molecule has 1 saturated heterocycles. The van der Waals surface area contributed by atoms with Gasteiger partial charge in [-0.05, 0) is 45.6 Å². The van der Waals surface area contributed by atoms with E-state index in [4.69, 9.17) is 5.73 Å². The Hall–Kier alpha value is -0.810. The maximum absolute atomic E-state index is 12.4. The molecule has 3 unspecified atom stereocenters. The number of likely N-dealkylation sites (tertiary alicyclic amines) is 1. The van der Waals surface area contributed by atoms with Crippen molar-refractivity contribution in [2.24, 2.45) is 17.6 Å². The zero-order valence-electron chi connectivity index (χ0n) is 14.4. The Bertz CT molecular complexity index is 399. The third-order valence-electron chi connectivity index (χ3n) is 5.16. The maximum Gasteiger partial charge on any atom is 0.224 e. The van der Waals surface area contributed by atoms with Crippen LogP contribution in [0.15, 0.2) is 0 Å². The quantitative estimate of drug-likeness (QED) is 0.801. The SMILES string of the molecule is CC(CC(=O)N1CC(CN)CC1C)NC(=O)C1CCCCC1.Cl. The second-order valence-electron chi connectivity index (χ2n) is 7.18. The van der Waals surface area contributed by atoms with Crippen molar-refractivity contribution in [1.29, 1.82) is 0 Å². The lowest BCUT2D eigenvalue weighted by Gasteiger charge is -2.26. The number of nitrogens with zero attached hydrogens (tertiary/aromatic N) is 1. The maximum atomic E-state index is 12.4. The molecule has 1 heterocycles. The van der Waals surface area contributed by atoms with Crippen LogP contribution >= 0.6 is 12.4 Å². The summed E-state index contributed by atoms with van der Waals surface area (Å²) in [6.07, 6.45) is 6.91. The zero-order chi connectivity index (χ0) is 16.1. The second-order valence-corrected chi connectivity index (χ2v) is 7.18. The van der Waals surface area contributed by atoms with E-state index in [0.29, 0.717) is 18.9 Å². The molecule has 2 rings (SSSR count). The van der Waals surface area contributed by atoms with Crippen molar-refractivity contribution in [2.45, 2.75) is 70.9 Å². The van der Waals surface area contributed by atoms with Crippen LogP contribution in [-0.4, -0.2) is 41.9 Å². The van der Waals surface area contributed by atoms with Crippen molar-refractivity contribution < 1.29 is 9.59 Å². The second kappa shape index (κ2) is 9.48. The van der Waals surface area contributed by atoms with E-state index in [1.54, 1.807) is 0 Å². The molecule has 2 amide bonds. The molecule has 2 aliphatic rings. The van der Waals surface area contributed by atoms with Crippen LogP contribution in [0.4, 0.5) is 0 Å². The molecule has 3 atom stereocenters. The fourth-order valence-corrected chi connectivity index (χ4v) is 3.82. The molecule has 1 aliphatic heterocycles. The average Bonchev–Trinajstić information content (AvgIpc) is 2.89. The van der Waals surface area contributed by atoms with Gasteiger partial charge in [0.1, 0.15) is 0 Å². The van der Waals surface area contributed by atoms with E-state index in [1.165, 1.54) is 6.42 Å². The van der Waals surface area contributed by atoms with Gasteiger partial charge in [-0.15, -0.1) is 12.4 Å². The van der Waals surface area contributed by atoms with Crippen LogP contribution in [-0.2, 0) is 9.59 Å². The van der Waals surface area contributed by atoms with E-state index in [0.717, 1.165) is 38.6 Å². The van der Waals surface area contributed by atoms with Crippen molar-refractivity contribution in [3.05, 3.63) is 0 Å². The van der Waals surface area contributed by atoms with Gasteiger partial charge in [-0.2, -0.15) is 0 Å². The summed E-state index contributed by atoms with van der Waals surface area (Å²) < 4.78 is 0. The molecule has 1 aliphatic carbocycles. The molecular weight excluding hydrogens is 314 g/mol. The Labute approximate surface area is 146 Å². The predicted octanol–water partition coefficient (Wildman–Crippen LogP) is 2.08. The highest BCUT2D eigenvalue weighted by Crippen LogP contribution is 2.25. The number of rotatable bonds is 5. The summed E-state index contributed by atoms with van der Waals surface area (Å²) in [5, 5.41) is 3.03. The first-order valence-corrected chi connectivity index (χ1v) is 8.81. The van der Waals surface area contributed by atoms with Crippen LogP contribution in [0.3, 0.4) is 0 Å². The Balaban J connectivity index is 0.00000264. The molecule has 3 N–H and O–H groups in total. The van der Waals surface area contributed by atoms with Crippen molar-refractivity contribution in [1.82, 2.24) is 10.2 Å². The molecule has 6 heteroatoms. The Morgan fingerprint density at radius 3 is 2.48 bits per heavy atom. The summed E-state index contributed by atoms with van der Waals surface area (Å²) in [6.45, 7) is 5.42. The molecule has 0 spiro atoms. The van der Waals surface area contributed by atoms with Gasteiger partial charge < -0.3 is 16.0 Å². The minimum atomic E-state index is -0.0916. The number of carbonyl (C=O) groups excluding carboxylic acids is 2. The molecule has 23 heavy (non-hydrogen) atoms. The zero-order valence-corrected chi connectivity index (χ0v) is 15.2. The molecule has 1 saturated carbocycles. The summed E-state index contributed by atoms with van der Waals surface area (Å²) in [6, 6.07) is 0.174. The lowest BCUT2D eigenvalue weighted by atomic mass is 9.88. The van der Waals surface area contributed by atoms with Crippen molar-refractivity contribution >= 4 is 24.2 Å². The van der Waals surface area contributed by atoms with E-state index < -0.39 is 0 Å². The van der Waals surface area contributed by atoms with Crippen LogP contribution < -0.4 is 11.1 Å². The molecule has 0 aromatic rings. The largest absolute Gasteiger partial charge is 0.353 e. The summed E-state index contributed by atoms with van der Waals surface area (Å²) >= 11 is 0. The molecule has 0 aromatic carbocycles. The lowest BCUT2D eigenvalue weighted by molar-refractivity contribution is -0.132. The Kier molecular flexibility index (Phi) is 8.34. The summed E-state index contributed by atoms with van der Waals surface area (Å²) in [5.41, 5.74) is 5.71. The van der Waals surface area contributed by atoms with Gasteiger partial charge in [-0.1, -0.05) is 19.3 Å². The van der Waals surface area contributed by atoms with Gasteiger partial charge in [0.25, 0.3) is 0 Å². The summed E-state index contributed by atoms with van der Waals surface area (Å²) in [7, 11) is 0. The smallest absolute Gasteiger partial charge is 0.224 e. The van der Waals surface area contributed by atoms with Crippen molar-refractivity contribution in [3.63, 3.8) is 0 Å². The van der Waals surface area contributed by atoms with Gasteiger partial charge in [-0.3, -0.25) is 9.59 Å². The van der Waals surface area contributed by atoms with E-state index in [-0.39, 0.29) is 42.2 Å². The van der Waals surface area contributed by atoms with Crippen LogP contribution in [0.25, 0.3) is 0 Å². The minimum absolute atomic E-state index is 0. The Morgan fingerprint density at radius 1 is 1.26 bits per heavy atom. The topological polar surface area (TPSA) is 75.4 Å². The number of amides is 2. The first-order valence-electron chi connectivity index (χ1n) is 8.81. The molecule has 5 nitrogen and oxygen atoms in total. The molecule has 0 bridgehead atoms. The van der Waals surface area contributed by atoms with Gasteiger partial charge in [0.05, 0.1) is 0 Å². The van der Waals surface area contributed by atoms with Crippen LogP contribution in [0.5, 0.6) is 0 Å². The van der Waals surface area contributed by atoms with Crippen molar-refractivity contribution in [2.75, 3.05) is 13.1 Å². The molecular formula is C17H32ClN3O2. The van der Waals surface area contributed by atoms with Gasteiger partial charge in [0.15, 0.2) is 0 Å². The number of halogens is 1. The number of hydrogen-bond acceptors (Lipinski definition) is 3. The van der Waals surface area contributed by atoms with E-state index in [2.05, 4.69) is 12.2 Å². The Morgan fingerprint density at radius 2 is 1.91 bits per heavy atom. The number of carbonyl (C=O) groups is 2. The predicted molar refractivity (Wildman–Crippen MR) is 94.4 cm³/mol. The van der Waals surface area contributed by atoms with Crippen LogP contribution in [0, 0.1) is 11.8 Å². The first-order chi connectivity index (χ1) is 10.5. The fourth-order valence-electron chi connectivity index (χ4n) is 3.82. The fraction of sp³-hybridized carbons (Fsp3) is 0.882. The van der Waals surface area contributed by atoms with Crippen LogP contribution in [0.2, 0.25) is 0 Å². The standard InChI is InChI=1S/C17H31N3O2.ClH/c1-12(19-17(22)15-6-4-3-5-7-15)8-16(21)20-11-14(10-18)9-13(20)2;/h12-15H,3-11,18H2,1-2H3,(H,19,22);1H. The lowest BCUT2D eigenvalue weighted by Crippen LogP contribution is -2.42. The molecule has 0 radical (unpaired) electrons. The molecule has 134 valence electrons. The normalized spacial score (nSPS) is 26.5. The van der Waals surface area contributed by atoms with E-state index >= 15 is 0 Å². The van der Waals surface area contributed by atoms with Crippen LogP contribution in [0.1, 0.15) is 58.8 Å². The highest BCUT2D eigenvalue weighted by molar-refractivity contribution is 5.85. The van der Waals surface area contributed by atoms with Gasteiger partial charge in [0.2, 0.25) is 11.8 Å². The number of nitrogens with one attached hydrogen (secondary N) is 1.